The van der Waals surface area contributed by atoms with Crippen LogP contribution in [0, 0.1) is 12.8 Å². The molecule has 3 atom stereocenters. The molecule has 6 nitrogen and oxygen atoms in total. The minimum absolute atomic E-state index is 0.0388. The van der Waals surface area contributed by atoms with E-state index in [-0.39, 0.29) is 23.8 Å². The molecule has 2 aromatic carbocycles. The number of nitrogens with zero attached hydrogens (tertiary/aromatic N) is 1. The number of aryl methyl sites for hydroxylation is 1. The van der Waals surface area contributed by atoms with Crippen LogP contribution < -0.4 is 9.47 Å². The third kappa shape index (κ3) is 3.50. The Morgan fingerprint density at radius 3 is 2.33 bits per heavy atom. The lowest BCUT2D eigenvalue weighted by Gasteiger charge is -2.38. The van der Waals surface area contributed by atoms with Gasteiger partial charge in [0, 0.05) is 24.1 Å². The molecule has 0 N–H and O–H groups in total. The molecule has 0 aromatic heterocycles. The van der Waals surface area contributed by atoms with E-state index in [2.05, 4.69) is 0 Å². The Hall–Kier alpha value is -2.38. The third-order valence-corrected chi connectivity index (χ3v) is 8.36. The molecule has 0 amide bonds. The minimum atomic E-state index is -3.66. The van der Waals surface area contributed by atoms with Crippen LogP contribution in [0.5, 0.6) is 11.5 Å². The van der Waals surface area contributed by atoms with Gasteiger partial charge in [-0.2, -0.15) is 4.31 Å². The van der Waals surface area contributed by atoms with Gasteiger partial charge < -0.3 is 9.47 Å². The Bertz CT molecular complexity index is 1050. The van der Waals surface area contributed by atoms with Gasteiger partial charge in [-0.1, -0.05) is 17.7 Å². The topological polar surface area (TPSA) is 72.9 Å². The lowest BCUT2D eigenvalue weighted by atomic mass is 9.85. The first-order chi connectivity index (χ1) is 14.4. The Balaban J connectivity index is 1.67. The number of methoxy groups -OCH3 is 2. The van der Waals surface area contributed by atoms with Crippen molar-refractivity contribution in [3.8, 4) is 11.5 Å². The molecule has 160 valence electrons. The van der Waals surface area contributed by atoms with Crippen molar-refractivity contribution in [2.75, 3.05) is 14.2 Å². The number of fused-ring (bicyclic) bond motifs is 2. The SMILES string of the molecule is COc1ccc(C(=O)[C@H]2CC[C@H]3CC[C@@H]2N3S(=O)(=O)c2ccc(C)cc2)c(OC)c1. The van der Waals surface area contributed by atoms with Crippen LogP contribution in [0.25, 0.3) is 0 Å². The standard InChI is InChI=1S/C23H27NO5S/c1-15-4-9-18(10-5-15)30(26,27)24-16-6-11-19(21(24)13-7-16)23(25)20-12-8-17(28-2)14-22(20)29-3/h4-5,8-10,12,14,16,19,21H,6-7,11,13H2,1-3H3/t16-,19-,21-/m0/s1. The van der Waals surface area contributed by atoms with E-state index in [9.17, 15) is 13.2 Å². The fraction of sp³-hybridized carbons (Fsp3) is 0.435. The van der Waals surface area contributed by atoms with Crippen LogP contribution in [0.1, 0.15) is 41.6 Å². The summed E-state index contributed by atoms with van der Waals surface area (Å²) in [6.07, 6.45) is 2.86. The van der Waals surface area contributed by atoms with Gasteiger partial charge >= 0.3 is 0 Å². The van der Waals surface area contributed by atoms with Crippen molar-refractivity contribution in [2.24, 2.45) is 5.92 Å². The van der Waals surface area contributed by atoms with Crippen LogP contribution in [0.2, 0.25) is 0 Å². The van der Waals surface area contributed by atoms with Crippen LogP contribution in [-0.4, -0.2) is 44.8 Å². The molecule has 0 aliphatic carbocycles. The largest absolute Gasteiger partial charge is 0.497 e. The van der Waals surface area contributed by atoms with Crippen molar-refractivity contribution in [3.63, 3.8) is 0 Å². The van der Waals surface area contributed by atoms with Gasteiger partial charge in [0.05, 0.1) is 24.7 Å². The Morgan fingerprint density at radius 1 is 0.967 bits per heavy atom. The molecule has 0 saturated carbocycles. The highest BCUT2D eigenvalue weighted by molar-refractivity contribution is 7.89. The molecule has 0 radical (unpaired) electrons. The Morgan fingerprint density at radius 2 is 1.67 bits per heavy atom. The maximum absolute atomic E-state index is 13.5. The van der Waals surface area contributed by atoms with Crippen molar-refractivity contribution < 1.29 is 22.7 Å². The molecular formula is C23H27NO5S. The number of ether oxygens (including phenoxy) is 2. The second-order valence-electron chi connectivity index (χ2n) is 8.06. The predicted octanol–water partition coefficient (Wildman–Crippen LogP) is 3.83. The number of hydrogen-bond donors (Lipinski definition) is 0. The number of benzene rings is 2. The number of ketones is 1. The van der Waals surface area contributed by atoms with E-state index in [1.807, 2.05) is 19.1 Å². The van der Waals surface area contributed by atoms with Crippen molar-refractivity contribution in [2.45, 2.75) is 49.6 Å². The highest BCUT2D eigenvalue weighted by Crippen LogP contribution is 2.44. The zero-order chi connectivity index (χ0) is 21.5. The molecule has 0 unspecified atom stereocenters. The zero-order valence-corrected chi connectivity index (χ0v) is 18.3. The average molecular weight is 430 g/mol. The number of hydrogen-bond acceptors (Lipinski definition) is 5. The summed E-state index contributed by atoms with van der Waals surface area (Å²) in [7, 11) is -0.580. The zero-order valence-electron chi connectivity index (χ0n) is 17.5. The predicted molar refractivity (Wildman–Crippen MR) is 114 cm³/mol. The van der Waals surface area contributed by atoms with Crippen LogP contribution in [-0.2, 0) is 10.0 Å². The number of sulfonamides is 1. The van der Waals surface area contributed by atoms with E-state index in [1.54, 1.807) is 41.7 Å². The van der Waals surface area contributed by atoms with Crippen molar-refractivity contribution >= 4 is 15.8 Å². The second-order valence-corrected chi connectivity index (χ2v) is 9.90. The van der Waals surface area contributed by atoms with Gasteiger partial charge in [-0.15, -0.1) is 0 Å². The Kier molecular flexibility index (Phi) is 5.59. The van der Waals surface area contributed by atoms with Crippen LogP contribution in [0.3, 0.4) is 0 Å². The lowest BCUT2D eigenvalue weighted by Crippen LogP contribution is -2.50. The summed E-state index contributed by atoms with van der Waals surface area (Å²) in [5.41, 5.74) is 1.48. The summed E-state index contributed by atoms with van der Waals surface area (Å²) in [6, 6.07) is 11.7. The summed E-state index contributed by atoms with van der Waals surface area (Å²) in [5, 5.41) is 0. The number of rotatable bonds is 6. The minimum Gasteiger partial charge on any atom is -0.497 e. The highest BCUT2D eigenvalue weighted by Gasteiger charge is 2.50. The fourth-order valence-corrected chi connectivity index (χ4v) is 6.75. The molecular weight excluding hydrogens is 402 g/mol. The normalized spacial score (nSPS) is 23.9. The second kappa shape index (κ2) is 8.04. The molecule has 30 heavy (non-hydrogen) atoms. The van der Waals surface area contributed by atoms with E-state index in [0.717, 1.165) is 12.0 Å². The quantitative estimate of drug-likeness (QED) is 0.653. The molecule has 0 spiro atoms. The van der Waals surface area contributed by atoms with Gasteiger partial charge in [-0.05, 0) is 56.9 Å². The maximum Gasteiger partial charge on any atom is 0.243 e. The number of carbonyl (C=O) groups is 1. The summed E-state index contributed by atoms with van der Waals surface area (Å²) >= 11 is 0. The van der Waals surface area contributed by atoms with Gasteiger partial charge in [-0.3, -0.25) is 4.79 Å². The highest BCUT2D eigenvalue weighted by atomic mass is 32.2. The van der Waals surface area contributed by atoms with Crippen molar-refractivity contribution in [1.29, 1.82) is 0 Å². The average Bonchev–Trinajstić information content (AvgIpc) is 3.07. The molecule has 2 aromatic rings. The molecule has 2 aliphatic rings. The summed E-state index contributed by atoms with van der Waals surface area (Å²) in [6.45, 7) is 1.93. The third-order valence-electron chi connectivity index (χ3n) is 6.37. The van der Waals surface area contributed by atoms with E-state index in [1.165, 1.54) is 7.11 Å². The van der Waals surface area contributed by atoms with E-state index in [0.29, 0.717) is 41.2 Å². The lowest BCUT2D eigenvalue weighted by molar-refractivity contribution is 0.0798. The number of carbonyl (C=O) groups excluding carboxylic acids is 1. The van der Waals surface area contributed by atoms with E-state index < -0.39 is 10.0 Å². The molecule has 2 aliphatic heterocycles. The molecule has 2 bridgehead atoms. The van der Waals surface area contributed by atoms with Crippen molar-refractivity contribution in [1.82, 2.24) is 4.31 Å². The first-order valence-corrected chi connectivity index (χ1v) is 11.7. The van der Waals surface area contributed by atoms with Gasteiger partial charge in [0.2, 0.25) is 10.0 Å². The molecule has 4 rings (SSSR count). The van der Waals surface area contributed by atoms with Crippen LogP contribution >= 0.6 is 0 Å². The maximum atomic E-state index is 13.5. The monoisotopic (exact) mass is 429 g/mol. The van der Waals surface area contributed by atoms with Gasteiger partial charge in [0.15, 0.2) is 5.78 Å². The van der Waals surface area contributed by atoms with Gasteiger partial charge in [0.1, 0.15) is 11.5 Å². The first kappa shape index (κ1) is 20.9. The summed E-state index contributed by atoms with van der Waals surface area (Å²) in [4.78, 5) is 13.8. The molecule has 2 fully saturated rings. The van der Waals surface area contributed by atoms with Crippen molar-refractivity contribution in [3.05, 3.63) is 53.6 Å². The fourth-order valence-electron chi connectivity index (χ4n) is 4.82. The van der Waals surface area contributed by atoms with Gasteiger partial charge in [0.25, 0.3) is 0 Å². The van der Waals surface area contributed by atoms with Crippen LogP contribution in [0.4, 0.5) is 0 Å². The molecule has 7 heteroatoms. The number of Topliss-reactive ketones (excluding diaryl/α,β-unsaturated/α-hetero) is 1. The van der Waals surface area contributed by atoms with E-state index >= 15 is 0 Å². The smallest absolute Gasteiger partial charge is 0.243 e. The molecule has 2 saturated heterocycles. The first-order valence-electron chi connectivity index (χ1n) is 10.2. The Labute approximate surface area is 177 Å². The molecule has 2 heterocycles. The number of piperidine rings is 1. The van der Waals surface area contributed by atoms with E-state index in [4.69, 9.17) is 9.47 Å². The summed E-state index contributed by atoms with van der Waals surface area (Å²) < 4.78 is 39.1. The van der Waals surface area contributed by atoms with Crippen LogP contribution in [0.15, 0.2) is 47.4 Å². The summed E-state index contributed by atoms with van der Waals surface area (Å²) in [5.74, 6) is 0.610. The van der Waals surface area contributed by atoms with Gasteiger partial charge in [-0.25, -0.2) is 8.42 Å².